The van der Waals surface area contributed by atoms with Crippen LogP contribution in [0, 0.1) is 5.41 Å². The molecule has 3 amide bonds. The molecule has 0 aliphatic rings. The molecule has 1 atom stereocenters. The van der Waals surface area contributed by atoms with Crippen molar-refractivity contribution in [3.63, 3.8) is 0 Å². The van der Waals surface area contributed by atoms with Crippen molar-refractivity contribution in [1.82, 2.24) is 5.32 Å². The number of nitrogens with one attached hydrogen (secondary N) is 2. The summed E-state index contributed by atoms with van der Waals surface area (Å²) in [7, 11) is 0. The highest BCUT2D eigenvalue weighted by molar-refractivity contribution is 5.87. The maximum absolute atomic E-state index is 11.9. The van der Waals surface area contributed by atoms with Crippen LogP contribution in [0.4, 0.5) is 10.5 Å². The van der Waals surface area contributed by atoms with Gasteiger partial charge in [0.2, 0.25) is 5.91 Å². The van der Waals surface area contributed by atoms with Gasteiger partial charge < -0.3 is 22.1 Å². The van der Waals surface area contributed by atoms with Crippen molar-refractivity contribution in [1.29, 1.82) is 0 Å². The number of anilines is 1. The molecule has 6 N–H and O–H groups in total. The van der Waals surface area contributed by atoms with Gasteiger partial charge in [-0.25, -0.2) is 4.79 Å². The Labute approximate surface area is 118 Å². The molecule has 1 aromatic carbocycles. The molecule has 1 aromatic rings. The van der Waals surface area contributed by atoms with Crippen molar-refractivity contribution in [2.24, 2.45) is 16.9 Å². The third kappa shape index (κ3) is 4.89. The Bertz CT molecular complexity index is 477. The minimum atomic E-state index is -0.609. The average molecular weight is 278 g/mol. The van der Waals surface area contributed by atoms with Gasteiger partial charge in [-0.15, -0.1) is 0 Å². The highest BCUT2D eigenvalue weighted by atomic mass is 16.2. The summed E-state index contributed by atoms with van der Waals surface area (Å²) < 4.78 is 0. The summed E-state index contributed by atoms with van der Waals surface area (Å²) in [5, 5.41) is 5.26. The molecule has 0 heterocycles. The second kappa shape index (κ2) is 6.38. The molecular weight excluding hydrogens is 256 g/mol. The van der Waals surface area contributed by atoms with E-state index in [0.29, 0.717) is 12.2 Å². The van der Waals surface area contributed by atoms with Crippen LogP contribution in [0.25, 0.3) is 0 Å². The fourth-order valence-electron chi connectivity index (χ4n) is 1.54. The number of hydrogen-bond acceptors (Lipinski definition) is 3. The molecule has 110 valence electrons. The van der Waals surface area contributed by atoms with Gasteiger partial charge in [0.25, 0.3) is 0 Å². The SMILES string of the molecule is CC(C)(C)[C@H](N)C(=O)NCc1ccc(NC(N)=O)cc1. The number of hydrogen-bond donors (Lipinski definition) is 4. The van der Waals surface area contributed by atoms with Crippen LogP contribution in [-0.2, 0) is 11.3 Å². The Morgan fingerprint density at radius 2 is 1.75 bits per heavy atom. The van der Waals surface area contributed by atoms with Gasteiger partial charge in [-0.1, -0.05) is 32.9 Å². The molecule has 6 heteroatoms. The zero-order valence-corrected chi connectivity index (χ0v) is 12.1. The molecular formula is C14H22N4O2. The van der Waals surface area contributed by atoms with Gasteiger partial charge >= 0.3 is 6.03 Å². The van der Waals surface area contributed by atoms with Gasteiger partial charge in [-0.05, 0) is 23.1 Å². The minimum Gasteiger partial charge on any atom is -0.351 e. The van der Waals surface area contributed by atoms with Crippen molar-refractivity contribution in [3.8, 4) is 0 Å². The number of benzene rings is 1. The fourth-order valence-corrected chi connectivity index (χ4v) is 1.54. The number of carbonyl (C=O) groups excluding carboxylic acids is 2. The van der Waals surface area contributed by atoms with Gasteiger partial charge in [0.15, 0.2) is 0 Å². The monoisotopic (exact) mass is 278 g/mol. The van der Waals surface area contributed by atoms with Crippen molar-refractivity contribution >= 4 is 17.6 Å². The van der Waals surface area contributed by atoms with E-state index in [2.05, 4.69) is 10.6 Å². The van der Waals surface area contributed by atoms with E-state index in [4.69, 9.17) is 11.5 Å². The topological polar surface area (TPSA) is 110 Å². The van der Waals surface area contributed by atoms with Crippen molar-refractivity contribution in [3.05, 3.63) is 29.8 Å². The van der Waals surface area contributed by atoms with Crippen LogP contribution in [0.1, 0.15) is 26.3 Å². The summed E-state index contributed by atoms with van der Waals surface area (Å²) in [6, 6.07) is 5.87. The smallest absolute Gasteiger partial charge is 0.316 e. The molecule has 0 aliphatic carbocycles. The first-order chi connectivity index (χ1) is 9.20. The second-order valence-corrected chi connectivity index (χ2v) is 5.75. The largest absolute Gasteiger partial charge is 0.351 e. The van der Waals surface area contributed by atoms with Crippen LogP contribution < -0.4 is 22.1 Å². The van der Waals surface area contributed by atoms with E-state index in [1.165, 1.54) is 0 Å². The van der Waals surface area contributed by atoms with Gasteiger partial charge in [-0.3, -0.25) is 4.79 Å². The molecule has 0 aliphatic heterocycles. The Hall–Kier alpha value is -2.08. The number of urea groups is 1. The first-order valence-corrected chi connectivity index (χ1v) is 6.39. The lowest BCUT2D eigenvalue weighted by Gasteiger charge is -2.25. The van der Waals surface area contributed by atoms with Gasteiger partial charge in [0.1, 0.15) is 0 Å². The zero-order chi connectivity index (χ0) is 15.3. The summed E-state index contributed by atoms with van der Waals surface area (Å²) in [6.07, 6.45) is 0. The van der Waals surface area contributed by atoms with Crippen molar-refractivity contribution in [2.75, 3.05) is 5.32 Å². The quantitative estimate of drug-likeness (QED) is 0.663. The predicted molar refractivity (Wildman–Crippen MR) is 78.9 cm³/mol. The Kier molecular flexibility index (Phi) is 5.10. The predicted octanol–water partition coefficient (Wildman–Crippen LogP) is 1.17. The number of primary amides is 1. The van der Waals surface area contributed by atoms with E-state index < -0.39 is 12.1 Å². The van der Waals surface area contributed by atoms with E-state index in [-0.39, 0.29) is 11.3 Å². The van der Waals surface area contributed by atoms with Crippen LogP contribution in [0.5, 0.6) is 0 Å². The molecule has 0 aromatic heterocycles. The minimum absolute atomic E-state index is 0.183. The molecule has 20 heavy (non-hydrogen) atoms. The number of carbonyl (C=O) groups is 2. The number of nitrogens with two attached hydrogens (primary N) is 2. The summed E-state index contributed by atoms with van der Waals surface area (Å²) in [5.41, 5.74) is 12.1. The standard InChI is InChI=1S/C14H22N4O2/c1-14(2,3)11(15)12(19)17-8-9-4-6-10(7-5-9)18-13(16)20/h4-7,11H,8,15H2,1-3H3,(H,17,19)(H3,16,18,20)/t11-/m1/s1. The summed E-state index contributed by atoms with van der Waals surface area (Å²) in [5.74, 6) is -0.183. The van der Waals surface area contributed by atoms with E-state index in [0.717, 1.165) is 5.56 Å². The third-order valence-electron chi connectivity index (χ3n) is 2.90. The average Bonchev–Trinajstić information content (AvgIpc) is 2.35. The lowest BCUT2D eigenvalue weighted by atomic mass is 9.87. The third-order valence-corrected chi connectivity index (χ3v) is 2.90. The highest BCUT2D eigenvalue weighted by Gasteiger charge is 2.26. The van der Waals surface area contributed by atoms with E-state index in [1.54, 1.807) is 24.3 Å². The highest BCUT2D eigenvalue weighted by Crippen LogP contribution is 2.17. The summed E-state index contributed by atoms with van der Waals surface area (Å²) in [6.45, 7) is 6.14. The van der Waals surface area contributed by atoms with Gasteiger partial charge in [0.05, 0.1) is 6.04 Å². The normalized spacial score (nSPS) is 12.6. The molecule has 6 nitrogen and oxygen atoms in total. The molecule has 0 saturated heterocycles. The Morgan fingerprint density at radius 3 is 2.20 bits per heavy atom. The molecule has 0 fully saturated rings. The maximum Gasteiger partial charge on any atom is 0.316 e. The lowest BCUT2D eigenvalue weighted by molar-refractivity contribution is -0.124. The Morgan fingerprint density at radius 1 is 1.20 bits per heavy atom. The van der Waals surface area contributed by atoms with Gasteiger partial charge in [0, 0.05) is 12.2 Å². The molecule has 0 bridgehead atoms. The zero-order valence-electron chi connectivity index (χ0n) is 12.1. The molecule has 0 unspecified atom stereocenters. The molecule has 1 rings (SSSR count). The van der Waals surface area contributed by atoms with Crippen molar-refractivity contribution in [2.45, 2.75) is 33.4 Å². The van der Waals surface area contributed by atoms with Crippen molar-refractivity contribution < 1.29 is 9.59 Å². The molecule has 0 radical (unpaired) electrons. The lowest BCUT2D eigenvalue weighted by Crippen LogP contribution is -2.48. The fraction of sp³-hybridized carbons (Fsp3) is 0.429. The maximum atomic E-state index is 11.9. The van der Waals surface area contributed by atoms with E-state index in [9.17, 15) is 9.59 Å². The van der Waals surface area contributed by atoms with E-state index >= 15 is 0 Å². The van der Waals surface area contributed by atoms with E-state index in [1.807, 2.05) is 20.8 Å². The number of amides is 3. The van der Waals surface area contributed by atoms with Crippen LogP contribution in [0.15, 0.2) is 24.3 Å². The second-order valence-electron chi connectivity index (χ2n) is 5.75. The molecule has 0 saturated carbocycles. The first kappa shape index (κ1) is 16.0. The van der Waals surface area contributed by atoms with Gasteiger partial charge in [-0.2, -0.15) is 0 Å². The summed E-state index contributed by atoms with van der Waals surface area (Å²) in [4.78, 5) is 22.5. The van der Waals surface area contributed by atoms with Crippen LogP contribution in [0.3, 0.4) is 0 Å². The van der Waals surface area contributed by atoms with Crippen LogP contribution >= 0.6 is 0 Å². The van der Waals surface area contributed by atoms with Crippen LogP contribution in [-0.4, -0.2) is 18.0 Å². The summed E-state index contributed by atoms with van der Waals surface area (Å²) >= 11 is 0. The first-order valence-electron chi connectivity index (χ1n) is 6.39. The molecule has 0 spiro atoms. The Balaban J connectivity index is 2.54. The van der Waals surface area contributed by atoms with Crippen LogP contribution in [0.2, 0.25) is 0 Å². The number of rotatable bonds is 4.